The van der Waals surface area contributed by atoms with Crippen molar-refractivity contribution in [2.24, 2.45) is 0 Å². The summed E-state index contributed by atoms with van der Waals surface area (Å²) in [5.74, 6) is -0.913. The average Bonchev–Trinajstić information content (AvgIpc) is 3.31. The van der Waals surface area contributed by atoms with Gasteiger partial charge in [-0.1, -0.05) is 229 Å². The van der Waals surface area contributed by atoms with E-state index in [1.54, 1.807) is 0 Å². The first kappa shape index (κ1) is 62.8. The highest BCUT2D eigenvalue weighted by molar-refractivity contribution is 5.71. The fraction of sp³-hybridized carbons (Fsp3) is 0.750. The van der Waals surface area contributed by atoms with Gasteiger partial charge in [0, 0.05) is 19.3 Å². The van der Waals surface area contributed by atoms with Crippen LogP contribution in [0.3, 0.4) is 0 Å². The van der Waals surface area contributed by atoms with E-state index in [2.05, 4.69) is 93.7 Å². The number of ether oxygens (including phenoxy) is 3. The van der Waals surface area contributed by atoms with Crippen molar-refractivity contribution in [1.82, 2.24) is 0 Å². The number of carbonyl (C=O) groups excluding carboxylic acids is 3. The summed E-state index contributed by atoms with van der Waals surface area (Å²) in [5, 5.41) is 0. The Hall–Kier alpha value is -3.15. The Balaban J connectivity index is 4.44. The second kappa shape index (κ2) is 54.5. The van der Waals surface area contributed by atoms with Crippen LogP contribution in [0.5, 0.6) is 0 Å². The van der Waals surface area contributed by atoms with Crippen molar-refractivity contribution in [3.05, 3.63) is 72.9 Å². The first-order chi connectivity index (χ1) is 32.5. The Kier molecular flexibility index (Phi) is 51.9. The Morgan fingerprint density at radius 1 is 0.303 bits per heavy atom. The van der Waals surface area contributed by atoms with Crippen LogP contribution in [0.4, 0.5) is 0 Å². The van der Waals surface area contributed by atoms with E-state index in [0.29, 0.717) is 19.3 Å². The molecule has 0 aliphatic heterocycles. The standard InChI is InChI=1S/C60H104O6/c1-4-7-10-13-16-19-22-25-28-29-30-33-35-38-41-44-47-50-53-59(62)65-56-57(66-60(63)54-51-48-45-42-39-36-32-27-24-21-18-15-12-9-6-3)55-64-58(61)52-49-46-43-40-37-34-31-26-23-20-17-14-11-8-5-2/h16,19-25,28-30,33,57H,4-15,17-18,26-27,31-32,34-56H2,1-3H3/b19-16-,23-20-,24-21-,25-22-,29-28-,33-30-. The molecule has 1 unspecified atom stereocenters. The Bertz CT molecular complexity index is 1240. The second-order valence-electron chi connectivity index (χ2n) is 18.6. The molecule has 6 heteroatoms. The summed E-state index contributed by atoms with van der Waals surface area (Å²) in [6, 6.07) is 0. The highest BCUT2D eigenvalue weighted by Gasteiger charge is 2.19. The van der Waals surface area contributed by atoms with Gasteiger partial charge in [0.15, 0.2) is 6.10 Å². The van der Waals surface area contributed by atoms with E-state index in [1.165, 1.54) is 148 Å². The zero-order chi connectivity index (χ0) is 47.9. The second-order valence-corrected chi connectivity index (χ2v) is 18.6. The normalized spacial score (nSPS) is 12.6. The minimum atomic E-state index is -0.789. The summed E-state index contributed by atoms with van der Waals surface area (Å²) < 4.78 is 16.8. The monoisotopic (exact) mass is 921 g/mol. The highest BCUT2D eigenvalue weighted by Crippen LogP contribution is 2.15. The van der Waals surface area contributed by atoms with Crippen molar-refractivity contribution in [2.75, 3.05) is 13.2 Å². The third-order valence-electron chi connectivity index (χ3n) is 12.0. The van der Waals surface area contributed by atoms with Crippen molar-refractivity contribution < 1.29 is 28.6 Å². The smallest absolute Gasteiger partial charge is 0.306 e. The molecule has 0 aromatic carbocycles. The van der Waals surface area contributed by atoms with Crippen LogP contribution in [0.15, 0.2) is 72.9 Å². The van der Waals surface area contributed by atoms with Crippen LogP contribution in [0.25, 0.3) is 0 Å². The molecule has 0 saturated heterocycles. The van der Waals surface area contributed by atoms with Gasteiger partial charge in [-0.15, -0.1) is 0 Å². The molecule has 0 N–H and O–H groups in total. The molecular weight excluding hydrogens is 817 g/mol. The lowest BCUT2D eigenvalue weighted by Crippen LogP contribution is -2.30. The van der Waals surface area contributed by atoms with Gasteiger partial charge in [-0.25, -0.2) is 0 Å². The molecular formula is C60H104O6. The van der Waals surface area contributed by atoms with Gasteiger partial charge in [0.2, 0.25) is 0 Å². The molecule has 0 aliphatic carbocycles. The Morgan fingerprint density at radius 2 is 0.561 bits per heavy atom. The maximum Gasteiger partial charge on any atom is 0.306 e. The van der Waals surface area contributed by atoms with Gasteiger partial charge in [0.1, 0.15) is 13.2 Å². The molecule has 6 nitrogen and oxygen atoms in total. The molecule has 0 bridgehead atoms. The average molecular weight is 921 g/mol. The van der Waals surface area contributed by atoms with Gasteiger partial charge in [0.25, 0.3) is 0 Å². The molecule has 0 heterocycles. The van der Waals surface area contributed by atoms with Crippen LogP contribution in [-0.2, 0) is 28.6 Å². The molecule has 1 atom stereocenters. The van der Waals surface area contributed by atoms with Crippen molar-refractivity contribution in [3.63, 3.8) is 0 Å². The Morgan fingerprint density at radius 3 is 0.924 bits per heavy atom. The first-order valence-corrected chi connectivity index (χ1v) is 28.0. The van der Waals surface area contributed by atoms with E-state index < -0.39 is 6.10 Å². The van der Waals surface area contributed by atoms with Gasteiger partial charge in [-0.05, 0) is 96.3 Å². The predicted octanol–water partition coefficient (Wildman–Crippen LogP) is 18.6. The van der Waals surface area contributed by atoms with E-state index in [0.717, 1.165) is 83.5 Å². The van der Waals surface area contributed by atoms with Crippen molar-refractivity contribution in [2.45, 2.75) is 277 Å². The predicted molar refractivity (Wildman–Crippen MR) is 284 cm³/mol. The van der Waals surface area contributed by atoms with Crippen LogP contribution in [0.2, 0.25) is 0 Å². The molecule has 0 amide bonds. The van der Waals surface area contributed by atoms with E-state index in [1.807, 2.05) is 0 Å². The largest absolute Gasteiger partial charge is 0.462 e. The number of esters is 3. The number of unbranched alkanes of at least 4 members (excludes halogenated alkanes) is 30. The molecule has 0 aliphatic rings. The maximum absolute atomic E-state index is 12.8. The fourth-order valence-electron chi connectivity index (χ4n) is 7.74. The number of allylic oxidation sites excluding steroid dienone is 12. The zero-order valence-electron chi connectivity index (χ0n) is 43.4. The summed E-state index contributed by atoms with van der Waals surface area (Å²) in [4.78, 5) is 38.1. The summed E-state index contributed by atoms with van der Waals surface area (Å²) in [6.07, 6.45) is 68.7. The lowest BCUT2D eigenvalue weighted by atomic mass is 10.1. The first-order valence-electron chi connectivity index (χ1n) is 28.0. The van der Waals surface area contributed by atoms with Crippen LogP contribution in [0, 0.1) is 0 Å². The quantitative estimate of drug-likeness (QED) is 0.0199. The number of hydrogen-bond donors (Lipinski definition) is 0. The van der Waals surface area contributed by atoms with Crippen LogP contribution >= 0.6 is 0 Å². The third kappa shape index (κ3) is 51.8. The number of carbonyl (C=O) groups is 3. The van der Waals surface area contributed by atoms with E-state index >= 15 is 0 Å². The molecule has 0 saturated carbocycles. The summed E-state index contributed by atoms with van der Waals surface area (Å²) in [6.45, 7) is 6.56. The summed E-state index contributed by atoms with van der Waals surface area (Å²) >= 11 is 0. The van der Waals surface area contributed by atoms with Crippen LogP contribution in [0.1, 0.15) is 271 Å². The maximum atomic E-state index is 12.8. The van der Waals surface area contributed by atoms with Crippen molar-refractivity contribution in [3.8, 4) is 0 Å². The van der Waals surface area contributed by atoms with Crippen LogP contribution < -0.4 is 0 Å². The topological polar surface area (TPSA) is 78.9 Å². The fourth-order valence-corrected chi connectivity index (χ4v) is 7.74. The van der Waals surface area contributed by atoms with Crippen molar-refractivity contribution >= 4 is 17.9 Å². The minimum Gasteiger partial charge on any atom is -0.462 e. The SMILES string of the molecule is CCCCC\C=C/C=C\C=C/C=C\CCCCCCCC(=O)OCC(COC(=O)CCCCCCCCC/C=C\CCCCCC)OC(=O)CCCCCCCCC/C=C\CCCCCC. The van der Waals surface area contributed by atoms with Gasteiger partial charge in [-0.3, -0.25) is 14.4 Å². The highest BCUT2D eigenvalue weighted by atomic mass is 16.6. The number of rotatable bonds is 50. The zero-order valence-corrected chi connectivity index (χ0v) is 43.4. The van der Waals surface area contributed by atoms with Gasteiger partial charge in [-0.2, -0.15) is 0 Å². The molecule has 0 radical (unpaired) electrons. The third-order valence-corrected chi connectivity index (χ3v) is 12.0. The summed E-state index contributed by atoms with van der Waals surface area (Å²) in [5.41, 5.74) is 0. The molecule has 66 heavy (non-hydrogen) atoms. The summed E-state index contributed by atoms with van der Waals surface area (Å²) in [7, 11) is 0. The molecule has 0 fully saturated rings. The van der Waals surface area contributed by atoms with Crippen LogP contribution in [-0.4, -0.2) is 37.2 Å². The molecule has 0 spiro atoms. The lowest BCUT2D eigenvalue weighted by molar-refractivity contribution is -0.167. The molecule has 0 aromatic heterocycles. The number of hydrogen-bond acceptors (Lipinski definition) is 6. The van der Waals surface area contributed by atoms with Crippen molar-refractivity contribution in [1.29, 1.82) is 0 Å². The van der Waals surface area contributed by atoms with Gasteiger partial charge >= 0.3 is 17.9 Å². The van der Waals surface area contributed by atoms with E-state index in [9.17, 15) is 14.4 Å². The molecule has 0 aromatic rings. The minimum absolute atomic E-state index is 0.0867. The van der Waals surface area contributed by atoms with Gasteiger partial charge in [0.05, 0.1) is 0 Å². The van der Waals surface area contributed by atoms with Gasteiger partial charge < -0.3 is 14.2 Å². The lowest BCUT2D eigenvalue weighted by Gasteiger charge is -2.18. The molecule has 380 valence electrons. The Labute approximate surface area is 408 Å². The molecule has 0 rings (SSSR count). The van der Waals surface area contributed by atoms with E-state index in [4.69, 9.17) is 14.2 Å². The van der Waals surface area contributed by atoms with E-state index in [-0.39, 0.29) is 31.1 Å².